The van der Waals surface area contributed by atoms with E-state index in [9.17, 15) is 19.5 Å². The van der Waals surface area contributed by atoms with Gasteiger partial charge in [-0.05, 0) is 49.4 Å². The maximum atomic E-state index is 13.5. The predicted molar refractivity (Wildman–Crippen MR) is 150 cm³/mol. The van der Waals surface area contributed by atoms with Gasteiger partial charge < -0.3 is 14.6 Å². The molecule has 2 heterocycles. The topological polar surface area (TPSA) is 106 Å². The number of carbonyl (C=O) groups excluding carboxylic acids is 3. The number of benzene rings is 2. The number of amides is 1. The minimum atomic E-state index is -0.963. The summed E-state index contributed by atoms with van der Waals surface area (Å²) >= 11 is 0.978. The first kappa shape index (κ1) is 28.0. The number of aryl methyl sites for hydroxylation is 1. The Morgan fingerprint density at radius 3 is 2.38 bits per heavy atom. The summed E-state index contributed by atoms with van der Waals surface area (Å²) in [6.07, 6.45) is 0. The maximum absolute atomic E-state index is 13.5. The van der Waals surface area contributed by atoms with Gasteiger partial charge in [0.05, 0.1) is 30.5 Å². The van der Waals surface area contributed by atoms with E-state index >= 15 is 0 Å². The number of esters is 1. The van der Waals surface area contributed by atoms with Crippen LogP contribution in [0, 0.1) is 6.92 Å². The number of aliphatic hydroxyl groups excluding tert-OH is 1. The molecule has 1 saturated heterocycles. The molecule has 204 valence electrons. The number of hydrogen-bond acceptors (Lipinski definition) is 8. The van der Waals surface area contributed by atoms with Crippen molar-refractivity contribution in [3.05, 3.63) is 81.4 Å². The molecule has 1 aliphatic rings. The zero-order chi connectivity index (χ0) is 28.5. The maximum Gasteiger partial charge on any atom is 0.350 e. The highest BCUT2D eigenvalue weighted by Crippen LogP contribution is 2.44. The molecule has 1 atom stereocenters. The molecular formula is C30H32N2O6S. The summed E-state index contributed by atoms with van der Waals surface area (Å²) in [5.74, 6) is -2.02. The minimum absolute atomic E-state index is 0.0669. The number of rotatable bonds is 7. The first-order valence-corrected chi connectivity index (χ1v) is 13.6. The summed E-state index contributed by atoms with van der Waals surface area (Å²) in [7, 11) is 0. The van der Waals surface area contributed by atoms with Gasteiger partial charge in [0.1, 0.15) is 16.4 Å². The summed E-state index contributed by atoms with van der Waals surface area (Å²) in [5, 5.41) is 11.6. The monoisotopic (exact) mass is 548 g/mol. The van der Waals surface area contributed by atoms with Gasteiger partial charge in [0.25, 0.3) is 5.78 Å². The van der Waals surface area contributed by atoms with Crippen molar-refractivity contribution in [2.75, 3.05) is 18.1 Å². The van der Waals surface area contributed by atoms with Gasteiger partial charge >= 0.3 is 11.9 Å². The molecule has 1 N–H and O–H groups in total. The van der Waals surface area contributed by atoms with E-state index in [0.717, 1.165) is 16.9 Å². The van der Waals surface area contributed by atoms with E-state index in [4.69, 9.17) is 9.47 Å². The molecule has 39 heavy (non-hydrogen) atoms. The molecule has 0 saturated carbocycles. The molecule has 9 heteroatoms. The lowest BCUT2D eigenvalue weighted by molar-refractivity contribution is -0.132. The van der Waals surface area contributed by atoms with E-state index in [0.29, 0.717) is 29.2 Å². The zero-order valence-electron chi connectivity index (χ0n) is 22.9. The molecule has 2 aromatic carbocycles. The Kier molecular flexibility index (Phi) is 7.92. The van der Waals surface area contributed by atoms with E-state index in [1.54, 1.807) is 38.1 Å². The zero-order valence-corrected chi connectivity index (χ0v) is 23.7. The molecule has 0 spiro atoms. The third-order valence-electron chi connectivity index (χ3n) is 6.41. The molecule has 4 rings (SSSR count). The van der Waals surface area contributed by atoms with E-state index in [1.807, 2.05) is 31.2 Å². The van der Waals surface area contributed by atoms with E-state index in [1.165, 1.54) is 4.90 Å². The molecule has 0 radical (unpaired) electrons. The number of nitrogens with zero attached hydrogens (tertiary/aromatic N) is 2. The molecule has 0 aliphatic carbocycles. The van der Waals surface area contributed by atoms with Crippen molar-refractivity contribution in [2.24, 2.45) is 0 Å². The van der Waals surface area contributed by atoms with Crippen molar-refractivity contribution in [3.8, 4) is 5.75 Å². The van der Waals surface area contributed by atoms with Crippen LogP contribution < -0.4 is 9.64 Å². The van der Waals surface area contributed by atoms with Crippen molar-refractivity contribution in [1.29, 1.82) is 0 Å². The number of ether oxygens (including phenoxy) is 2. The molecule has 3 aromatic rings. The number of carbonyl (C=O) groups is 3. The Balaban J connectivity index is 1.91. The van der Waals surface area contributed by atoms with Gasteiger partial charge in [-0.3, -0.25) is 14.5 Å². The highest BCUT2D eigenvalue weighted by Gasteiger charge is 2.48. The van der Waals surface area contributed by atoms with Crippen LogP contribution in [0.5, 0.6) is 5.75 Å². The van der Waals surface area contributed by atoms with Gasteiger partial charge in [-0.25, -0.2) is 9.78 Å². The molecule has 8 nitrogen and oxygen atoms in total. The highest BCUT2D eigenvalue weighted by atomic mass is 32.1. The average molecular weight is 549 g/mol. The Morgan fingerprint density at radius 2 is 1.77 bits per heavy atom. The van der Waals surface area contributed by atoms with Crippen LogP contribution in [0.25, 0.3) is 5.76 Å². The van der Waals surface area contributed by atoms with Crippen LogP contribution in [0.4, 0.5) is 5.13 Å². The van der Waals surface area contributed by atoms with Crippen LogP contribution in [0.1, 0.15) is 72.7 Å². The molecule has 1 aliphatic heterocycles. The number of anilines is 1. The Labute approximate surface area is 231 Å². The lowest BCUT2D eigenvalue weighted by Crippen LogP contribution is -2.29. The van der Waals surface area contributed by atoms with Crippen LogP contribution in [-0.4, -0.2) is 41.0 Å². The number of aromatic nitrogens is 1. The lowest BCUT2D eigenvalue weighted by atomic mass is 9.85. The third-order valence-corrected chi connectivity index (χ3v) is 7.54. The van der Waals surface area contributed by atoms with Gasteiger partial charge in [-0.2, -0.15) is 0 Å². The first-order chi connectivity index (χ1) is 18.5. The van der Waals surface area contributed by atoms with E-state index < -0.39 is 23.7 Å². The minimum Gasteiger partial charge on any atom is -0.507 e. The van der Waals surface area contributed by atoms with Crippen molar-refractivity contribution < 1.29 is 29.0 Å². The van der Waals surface area contributed by atoms with E-state index in [-0.39, 0.29) is 33.4 Å². The van der Waals surface area contributed by atoms with Crippen molar-refractivity contribution in [2.45, 2.75) is 53.0 Å². The number of aliphatic hydroxyl groups is 1. The summed E-state index contributed by atoms with van der Waals surface area (Å²) in [5.41, 5.74) is 2.25. The number of ketones is 1. The van der Waals surface area contributed by atoms with Gasteiger partial charge in [0.15, 0.2) is 5.13 Å². The van der Waals surface area contributed by atoms with Crippen LogP contribution in [0.2, 0.25) is 0 Å². The first-order valence-electron chi connectivity index (χ1n) is 12.8. The number of thiazole rings is 1. The second kappa shape index (κ2) is 11.0. The summed E-state index contributed by atoms with van der Waals surface area (Å²) in [6.45, 7) is 12.1. The number of Topliss-reactive ketones (excluding diaryl/α,β-unsaturated/α-hetero) is 1. The fourth-order valence-electron chi connectivity index (χ4n) is 4.44. The average Bonchev–Trinajstić information content (AvgIpc) is 3.40. The summed E-state index contributed by atoms with van der Waals surface area (Å²) in [6, 6.07) is 13.4. The summed E-state index contributed by atoms with van der Waals surface area (Å²) in [4.78, 5) is 45.5. The van der Waals surface area contributed by atoms with Crippen LogP contribution in [0.3, 0.4) is 0 Å². The normalized spacial score (nSPS) is 17.0. The van der Waals surface area contributed by atoms with Crippen LogP contribution >= 0.6 is 11.3 Å². The summed E-state index contributed by atoms with van der Waals surface area (Å²) < 4.78 is 10.7. The molecule has 1 aromatic heterocycles. The van der Waals surface area contributed by atoms with Gasteiger partial charge in [0, 0.05) is 5.56 Å². The lowest BCUT2D eigenvalue weighted by Gasteiger charge is -2.25. The van der Waals surface area contributed by atoms with Gasteiger partial charge in [-0.1, -0.05) is 68.5 Å². The molecule has 1 amide bonds. The number of hydrogen-bond donors (Lipinski definition) is 1. The standard InChI is InChI=1S/C30H32N2O6S/c1-7-37-21-11-9-10-19(16-21)24(33)22-23(18-12-14-20(15-13-18)30(4,5)6)32(27(35)25(22)34)29-31-17(3)26(39-29)28(36)38-8-2/h9-16,23,33H,7-8H2,1-6H3/b24-22+. The molecular weight excluding hydrogens is 516 g/mol. The second-order valence-corrected chi connectivity index (χ2v) is 11.1. The fraction of sp³-hybridized carbons (Fsp3) is 0.333. The smallest absolute Gasteiger partial charge is 0.350 e. The molecule has 1 unspecified atom stereocenters. The van der Waals surface area contributed by atoms with Crippen molar-refractivity contribution in [1.82, 2.24) is 4.98 Å². The second-order valence-electron chi connectivity index (χ2n) is 10.1. The predicted octanol–water partition coefficient (Wildman–Crippen LogP) is 5.95. The van der Waals surface area contributed by atoms with Crippen molar-refractivity contribution >= 4 is 39.9 Å². The van der Waals surface area contributed by atoms with E-state index in [2.05, 4.69) is 25.8 Å². The Bertz CT molecular complexity index is 1450. The van der Waals surface area contributed by atoms with Crippen LogP contribution in [-0.2, 0) is 19.7 Å². The SMILES string of the molecule is CCOC(=O)c1sc(N2C(=O)C(=O)/C(=C(/O)c3cccc(OCC)c3)C2c2ccc(C(C)(C)C)cc2)nc1C. The Morgan fingerprint density at radius 1 is 1.08 bits per heavy atom. The Hall–Kier alpha value is -3.98. The highest BCUT2D eigenvalue weighted by molar-refractivity contribution is 7.17. The third kappa shape index (κ3) is 5.45. The largest absolute Gasteiger partial charge is 0.507 e. The molecule has 1 fully saturated rings. The van der Waals surface area contributed by atoms with Crippen LogP contribution in [0.15, 0.2) is 54.1 Å². The van der Waals surface area contributed by atoms with Crippen molar-refractivity contribution in [3.63, 3.8) is 0 Å². The van der Waals surface area contributed by atoms with Gasteiger partial charge in [-0.15, -0.1) is 0 Å². The van der Waals surface area contributed by atoms with Gasteiger partial charge in [0.2, 0.25) is 0 Å². The quantitative estimate of drug-likeness (QED) is 0.168. The molecule has 0 bridgehead atoms. The fourth-order valence-corrected chi connectivity index (χ4v) is 5.42.